The highest BCUT2D eigenvalue weighted by atomic mass is 35.5. The SMILES string of the molecule is COc1nc(N2CC3CCC(C2)N3)c2cc(Cl)c(-c3ccc(F)c4sc(N)nc34)c(F)c2n1. The van der Waals surface area contributed by atoms with Crippen LogP contribution in [0.5, 0.6) is 6.01 Å². The number of thiazole rings is 1. The van der Waals surface area contributed by atoms with E-state index in [1.54, 1.807) is 6.07 Å². The number of benzene rings is 2. The van der Waals surface area contributed by atoms with Gasteiger partial charge in [0.05, 0.1) is 22.3 Å². The average molecular weight is 489 g/mol. The van der Waals surface area contributed by atoms with E-state index in [9.17, 15) is 4.39 Å². The molecule has 3 N–H and O–H groups in total. The molecule has 0 radical (unpaired) electrons. The Hall–Kier alpha value is -2.82. The van der Waals surface area contributed by atoms with Crippen LogP contribution in [-0.2, 0) is 0 Å². The number of ether oxygens (including phenoxy) is 1. The fraction of sp³-hybridized carbons (Fsp3) is 0.318. The lowest BCUT2D eigenvalue weighted by Crippen LogP contribution is -2.51. The monoisotopic (exact) mass is 488 g/mol. The van der Waals surface area contributed by atoms with Crippen LogP contribution in [0.15, 0.2) is 18.2 Å². The van der Waals surface area contributed by atoms with Crippen LogP contribution in [0.3, 0.4) is 0 Å². The third-order valence-electron chi connectivity index (χ3n) is 6.32. The fourth-order valence-corrected chi connectivity index (χ4v) is 5.96. The number of nitrogens with one attached hydrogen (secondary N) is 1. The molecule has 33 heavy (non-hydrogen) atoms. The van der Waals surface area contributed by atoms with Crippen LogP contribution in [0.25, 0.3) is 32.2 Å². The van der Waals surface area contributed by atoms with Crippen molar-refractivity contribution in [2.45, 2.75) is 24.9 Å². The molecule has 0 aliphatic carbocycles. The Morgan fingerprint density at radius 3 is 2.64 bits per heavy atom. The Morgan fingerprint density at radius 2 is 1.91 bits per heavy atom. The van der Waals surface area contributed by atoms with Crippen molar-refractivity contribution in [3.63, 3.8) is 0 Å². The van der Waals surface area contributed by atoms with Crippen LogP contribution in [-0.4, -0.2) is 47.2 Å². The molecule has 2 fully saturated rings. The lowest BCUT2D eigenvalue weighted by atomic mass is 10.0. The Bertz CT molecular complexity index is 1420. The summed E-state index contributed by atoms with van der Waals surface area (Å²) >= 11 is 7.64. The van der Waals surface area contributed by atoms with E-state index in [1.165, 1.54) is 19.2 Å². The standard InChI is InChI=1S/C22H19ClF2N6OS/c1-32-22-29-17-12(20(30-22)31-7-9-2-3-10(8-31)27-9)6-13(23)15(16(17)25)11-4-5-14(24)19-18(11)28-21(26)33-19/h4-6,9-10,27H,2-3,7-8H2,1H3,(H2,26,28). The number of piperazine rings is 1. The first-order valence-corrected chi connectivity index (χ1v) is 11.7. The minimum Gasteiger partial charge on any atom is -0.467 e. The molecule has 6 rings (SSSR count). The second-order valence-corrected chi connectivity index (χ2v) is 9.78. The Labute approximate surface area is 196 Å². The van der Waals surface area contributed by atoms with E-state index < -0.39 is 11.6 Å². The number of anilines is 2. The number of aromatic nitrogens is 3. The van der Waals surface area contributed by atoms with Gasteiger partial charge in [-0.1, -0.05) is 22.9 Å². The van der Waals surface area contributed by atoms with Gasteiger partial charge in [-0.05, 0) is 31.0 Å². The van der Waals surface area contributed by atoms with Crippen molar-refractivity contribution in [1.29, 1.82) is 0 Å². The molecular formula is C22H19ClF2N6OS. The van der Waals surface area contributed by atoms with Gasteiger partial charge in [0.2, 0.25) is 0 Å². The van der Waals surface area contributed by atoms with Gasteiger partial charge in [-0.3, -0.25) is 0 Å². The number of hydrogen-bond acceptors (Lipinski definition) is 8. The van der Waals surface area contributed by atoms with Gasteiger partial charge in [0.1, 0.15) is 17.2 Å². The minimum absolute atomic E-state index is 0.0673. The Balaban J connectivity index is 1.59. The van der Waals surface area contributed by atoms with E-state index in [2.05, 4.69) is 25.2 Å². The van der Waals surface area contributed by atoms with E-state index >= 15 is 4.39 Å². The number of rotatable bonds is 3. The highest BCUT2D eigenvalue weighted by molar-refractivity contribution is 7.22. The summed E-state index contributed by atoms with van der Waals surface area (Å²) in [5.41, 5.74) is 6.59. The molecule has 2 saturated heterocycles. The largest absolute Gasteiger partial charge is 0.467 e. The number of nitrogens with zero attached hydrogens (tertiary/aromatic N) is 4. The van der Waals surface area contributed by atoms with Crippen molar-refractivity contribution in [1.82, 2.24) is 20.3 Å². The quantitative estimate of drug-likeness (QED) is 0.442. The summed E-state index contributed by atoms with van der Waals surface area (Å²) in [6.45, 7) is 1.51. The molecule has 2 atom stereocenters. The summed E-state index contributed by atoms with van der Waals surface area (Å²) < 4.78 is 35.9. The van der Waals surface area contributed by atoms with E-state index in [4.69, 9.17) is 22.1 Å². The average Bonchev–Trinajstić information content (AvgIpc) is 3.36. The van der Waals surface area contributed by atoms with Gasteiger partial charge in [-0.2, -0.15) is 9.97 Å². The summed E-state index contributed by atoms with van der Waals surface area (Å²) in [5.74, 6) is -0.526. The van der Waals surface area contributed by atoms with E-state index in [0.717, 1.165) is 37.3 Å². The van der Waals surface area contributed by atoms with Crippen molar-refractivity contribution in [2.24, 2.45) is 0 Å². The summed E-state index contributed by atoms with van der Waals surface area (Å²) in [7, 11) is 1.45. The van der Waals surface area contributed by atoms with Gasteiger partial charge in [0.25, 0.3) is 0 Å². The zero-order chi connectivity index (χ0) is 22.9. The van der Waals surface area contributed by atoms with Gasteiger partial charge < -0.3 is 20.7 Å². The number of nitrogen functional groups attached to an aromatic ring is 1. The van der Waals surface area contributed by atoms with Gasteiger partial charge in [-0.15, -0.1) is 0 Å². The van der Waals surface area contributed by atoms with Crippen LogP contribution in [0, 0.1) is 11.6 Å². The van der Waals surface area contributed by atoms with E-state index in [-0.39, 0.29) is 37.5 Å². The van der Waals surface area contributed by atoms with Crippen LogP contribution in [0.4, 0.5) is 19.7 Å². The minimum atomic E-state index is -0.642. The van der Waals surface area contributed by atoms with Crippen molar-refractivity contribution in [2.75, 3.05) is 30.8 Å². The first kappa shape index (κ1) is 20.8. The third kappa shape index (κ3) is 3.27. The predicted octanol–water partition coefficient (Wildman–Crippen LogP) is 4.37. The highest BCUT2D eigenvalue weighted by Gasteiger charge is 2.34. The zero-order valence-electron chi connectivity index (χ0n) is 17.5. The fourth-order valence-electron chi connectivity index (χ4n) is 4.90. The van der Waals surface area contributed by atoms with Crippen molar-refractivity contribution in [3.8, 4) is 17.1 Å². The van der Waals surface area contributed by atoms with Crippen LogP contribution >= 0.6 is 22.9 Å². The van der Waals surface area contributed by atoms with Crippen molar-refractivity contribution < 1.29 is 13.5 Å². The molecule has 0 saturated carbocycles. The maximum Gasteiger partial charge on any atom is 0.318 e. The third-order valence-corrected chi connectivity index (χ3v) is 7.51. The second kappa shape index (κ2) is 7.61. The maximum atomic E-state index is 16.1. The van der Waals surface area contributed by atoms with Gasteiger partial charge in [0.15, 0.2) is 10.9 Å². The molecule has 2 bridgehead atoms. The molecule has 0 spiro atoms. The van der Waals surface area contributed by atoms with E-state index in [0.29, 0.717) is 28.9 Å². The molecular weight excluding hydrogens is 470 g/mol. The number of hydrogen-bond donors (Lipinski definition) is 2. The molecule has 2 aromatic heterocycles. The molecule has 4 heterocycles. The smallest absolute Gasteiger partial charge is 0.318 e. The van der Waals surface area contributed by atoms with Crippen molar-refractivity contribution >= 4 is 55.0 Å². The maximum absolute atomic E-state index is 16.1. The summed E-state index contributed by atoms with van der Waals surface area (Å²) in [5, 5.41) is 4.43. The normalized spacial score (nSPS) is 20.2. The number of halogens is 3. The van der Waals surface area contributed by atoms with Crippen LogP contribution in [0.1, 0.15) is 12.8 Å². The summed E-state index contributed by atoms with van der Waals surface area (Å²) in [6.07, 6.45) is 2.19. The molecule has 4 aromatic rings. The molecule has 11 heteroatoms. The topological polar surface area (TPSA) is 89.2 Å². The lowest BCUT2D eigenvalue weighted by molar-refractivity contribution is 0.380. The lowest BCUT2D eigenvalue weighted by Gasteiger charge is -2.34. The van der Waals surface area contributed by atoms with Crippen LogP contribution < -0.4 is 20.7 Å². The first-order valence-electron chi connectivity index (χ1n) is 10.5. The summed E-state index contributed by atoms with van der Waals surface area (Å²) in [4.78, 5) is 15.2. The van der Waals surface area contributed by atoms with Gasteiger partial charge >= 0.3 is 6.01 Å². The van der Waals surface area contributed by atoms with Gasteiger partial charge in [-0.25, -0.2) is 13.8 Å². The zero-order valence-corrected chi connectivity index (χ0v) is 19.1. The molecule has 7 nitrogen and oxygen atoms in total. The van der Waals surface area contributed by atoms with Crippen LogP contribution in [0.2, 0.25) is 5.02 Å². The Kier molecular flexibility index (Phi) is 4.79. The molecule has 170 valence electrons. The molecule has 2 aliphatic heterocycles. The van der Waals surface area contributed by atoms with Crippen molar-refractivity contribution in [3.05, 3.63) is 34.9 Å². The highest BCUT2D eigenvalue weighted by Crippen LogP contribution is 2.43. The summed E-state index contributed by atoms with van der Waals surface area (Å²) in [6, 6.07) is 5.18. The molecule has 2 aliphatic rings. The number of methoxy groups -OCH3 is 1. The number of nitrogens with two attached hydrogens (primary N) is 1. The predicted molar refractivity (Wildman–Crippen MR) is 126 cm³/mol. The molecule has 0 amide bonds. The molecule has 2 aromatic carbocycles. The second-order valence-electron chi connectivity index (χ2n) is 8.35. The number of fused-ring (bicyclic) bond motifs is 4. The Morgan fingerprint density at radius 1 is 1.15 bits per heavy atom. The molecule has 2 unspecified atom stereocenters. The van der Waals surface area contributed by atoms with Gasteiger partial charge in [0, 0.05) is 41.7 Å². The first-order chi connectivity index (χ1) is 15.9. The van der Waals surface area contributed by atoms with E-state index in [1.807, 2.05) is 0 Å².